The quantitative estimate of drug-likeness (QED) is 0.836. The number of aryl methyl sites for hydroxylation is 1. The lowest BCUT2D eigenvalue weighted by atomic mass is 10.1. The highest BCUT2D eigenvalue weighted by Gasteiger charge is 2.13. The first-order chi connectivity index (χ1) is 9.13. The summed E-state index contributed by atoms with van der Waals surface area (Å²) in [5, 5.41) is 18.2. The van der Waals surface area contributed by atoms with Gasteiger partial charge in [0.05, 0.1) is 22.9 Å². The molecule has 19 heavy (non-hydrogen) atoms. The second kappa shape index (κ2) is 5.84. The summed E-state index contributed by atoms with van der Waals surface area (Å²) in [5.74, 6) is -0.662. The molecule has 0 amide bonds. The zero-order chi connectivity index (χ0) is 13.8. The molecule has 0 aliphatic heterocycles. The molecule has 5 nitrogen and oxygen atoms in total. The first-order valence-electron chi connectivity index (χ1n) is 6.41. The highest BCUT2D eigenvalue weighted by molar-refractivity contribution is 6.01. The number of aliphatic hydroxyl groups is 1. The highest BCUT2D eigenvalue weighted by atomic mass is 16.4. The number of nitrogens with zero attached hydrogens (tertiary/aromatic N) is 2. The summed E-state index contributed by atoms with van der Waals surface area (Å²) in [6.07, 6.45) is 3.48. The molecule has 1 heterocycles. The Morgan fingerprint density at radius 3 is 2.95 bits per heavy atom. The van der Waals surface area contributed by atoms with Gasteiger partial charge in [-0.3, -0.25) is 0 Å². The minimum Gasteiger partial charge on any atom is -0.478 e. The van der Waals surface area contributed by atoms with Crippen molar-refractivity contribution < 1.29 is 15.0 Å². The van der Waals surface area contributed by atoms with Gasteiger partial charge >= 0.3 is 5.97 Å². The molecule has 2 N–H and O–H groups in total. The van der Waals surface area contributed by atoms with Crippen molar-refractivity contribution >= 4 is 17.0 Å². The van der Waals surface area contributed by atoms with Crippen LogP contribution < -0.4 is 0 Å². The number of imidazole rings is 1. The molecule has 0 saturated carbocycles. The maximum absolute atomic E-state index is 11.2. The average molecular weight is 262 g/mol. The van der Waals surface area contributed by atoms with E-state index in [0.29, 0.717) is 17.6 Å². The monoisotopic (exact) mass is 262 g/mol. The molecular formula is C14H18N2O3. The third-order valence-corrected chi connectivity index (χ3v) is 3.28. The van der Waals surface area contributed by atoms with E-state index in [1.54, 1.807) is 18.5 Å². The van der Waals surface area contributed by atoms with E-state index < -0.39 is 5.97 Å². The molecule has 0 aliphatic rings. The topological polar surface area (TPSA) is 75.3 Å². The molecule has 1 atom stereocenters. The van der Waals surface area contributed by atoms with Crippen molar-refractivity contribution in [2.75, 3.05) is 6.61 Å². The van der Waals surface area contributed by atoms with Crippen molar-refractivity contribution in [3.05, 3.63) is 30.1 Å². The number of aliphatic hydroxyl groups excluding tert-OH is 1. The average Bonchev–Trinajstić information content (AvgIpc) is 2.81. The lowest BCUT2D eigenvalue weighted by Gasteiger charge is -2.09. The van der Waals surface area contributed by atoms with Crippen molar-refractivity contribution in [2.24, 2.45) is 5.92 Å². The number of hydrogen-bond acceptors (Lipinski definition) is 3. The molecule has 0 saturated heterocycles. The number of hydrogen-bond donors (Lipinski definition) is 2. The number of aromatic carboxylic acids is 1. The summed E-state index contributed by atoms with van der Waals surface area (Å²) < 4.78 is 1.88. The van der Waals surface area contributed by atoms with Gasteiger partial charge in [0.15, 0.2) is 0 Å². The minimum absolute atomic E-state index is 0.186. The van der Waals surface area contributed by atoms with Crippen LogP contribution >= 0.6 is 0 Å². The molecule has 5 heteroatoms. The minimum atomic E-state index is -0.934. The van der Waals surface area contributed by atoms with Gasteiger partial charge in [-0.1, -0.05) is 13.0 Å². The van der Waals surface area contributed by atoms with E-state index in [2.05, 4.69) is 4.98 Å². The zero-order valence-electron chi connectivity index (χ0n) is 10.9. The number of carbonyl (C=O) groups is 1. The van der Waals surface area contributed by atoms with Gasteiger partial charge in [-0.05, 0) is 30.9 Å². The van der Waals surface area contributed by atoms with E-state index >= 15 is 0 Å². The van der Waals surface area contributed by atoms with Crippen LogP contribution in [-0.2, 0) is 6.54 Å². The van der Waals surface area contributed by atoms with Gasteiger partial charge in [-0.25, -0.2) is 9.78 Å². The number of para-hydroxylation sites is 1. The van der Waals surface area contributed by atoms with Crippen LogP contribution in [0.5, 0.6) is 0 Å². The van der Waals surface area contributed by atoms with E-state index in [-0.39, 0.29) is 18.1 Å². The second-order valence-electron chi connectivity index (χ2n) is 4.85. The van der Waals surface area contributed by atoms with E-state index in [9.17, 15) is 9.90 Å². The summed E-state index contributed by atoms with van der Waals surface area (Å²) in [6.45, 7) is 2.89. The third-order valence-electron chi connectivity index (χ3n) is 3.28. The predicted molar refractivity (Wildman–Crippen MR) is 72.2 cm³/mol. The summed E-state index contributed by atoms with van der Waals surface area (Å²) in [4.78, 5) is 15.4. The maximum Gasteiger partial charge on any atom is 0.337 e. The van der Waals surface area contributed by atoms with Crippen LogP contribution in [0, 0.1) is 5.92 Å². The molecule has 2 rings (SSSR count). The summed E-state index contributed by atoms with van der Waals surface area (Å²) >= 11 is 0. The molecule has 0 radical (unpaired) electrons. The number of fused-ring (bicyclic) bond motifs is 1. The Bertz CT molecular complexity index is 577. The van der Waals surface area contributed by atoms with E-state index in [0.717, 1.165) is 12.8 Å². The van der Waals surface area contributed by atoms with Crippen LogP contribution in [0.25, 0.3) is 11.0 Å². The fourth-order valence-corrected chi connectivity index (χ4v) is 2.17. The Morgan fingerprint density at radius 2 is 2.26 bits per heavy atom. The molecule has 1 aromatic carbocycles. The smallest absolute Gasteiger partial charge is 0.337 e. The van der Waals surface area contributed by atoms with E-state index in [1.165, 1.54) is 0 Å². The van der Waals surface area contributed by atoms with Crippen molar-refractivity contribution in [3.8, 4) is 0 Å². The van der Waals surface area contributed by atoms with Gasteiger partial charge in [0.2, 0.25) is 0 Å². The summed E-state index contributed by atoms with van der Waals surface area (Å²) in [7, 11) is 0. The molecule has 1 aromatic heterocycles. The van der Waals surface area contributed by atoms with Crippen molar-refractivity contribution in [3.63, 3.8) is 0 Å². The largest absolute Gasteiger partial charge is 0.478 e. The van der Waals surface area contributed by atoms with Crippen LogP contribution in [0.2, 0.25) is 0 Å². The fourth-order valence-electron chi connectivity index (χ4n) is 2.17. The van der Waals surface area contributed by atoms with Crippen LogP contribution in [-0.4, -0.2) is 32.3 Å². The number of carboxylic acids is 1. The van der Waals surface area contributed by atoms with Gasteiger partial charge in [0.25, 0.3) is 0 Å². The van der Waals surface area contributed by atoms with Gasteiger partial charge in [-0.15, -0.1) is 0 Å². The predicted octanol–water partition coefficient (Wildman–Crippen LogP) is 2.14. The van der Waals surface area contributed by atoms with E-state index in [1.807, 2.05) is 17.6 Å². The molecule has 0 bridgehead atoms. The first-order valence-corrected chi connectivity index (χ1v) is 6.41. The van der Waals surface area contributed by atoms with Crippen LogP contribution in [0.15, 0.2) is 24.5 Å². The molecule has 1 unspecified atom stereocenters. The fraction of sp³-hybridized carbons (Fsp3) is 0.429. The standard InChI is InChI=1S/C14H18N2O3/c1-10(8-17)4-3-7-16-9-15-12-6-2-5-11(13(12)16)14(18)19/h2,5-6,9-10,17H,3-4,7-8H2,1H3,(H,18,19). The van der Waals surface area contributed by atoms with Crippen molar-refractivity contribution in [2.45, 2.75) is 26.3 Å². The number of rotatable bonds is 6. The SMILES string of the molecule is CC(CO)CCCn1cnc2cccc(C(=O)O)c21. The summed E-state index contributed by atoms with van der Waals surface area (Å²) in [6, 6.07) is 5.12. The third kappa shape index (κ3) is 2.93. The van der Waals surface area contributed by atoms with Crippen molar-refractivity contribution in [1.82, 2.24) is 9.55 Å². The number of aromatic nitrogens is 2. The Balaban J connectivity index is 2.21. The van der Waals surface area contributed by atoms with Crippen LogP contribution in [0.1, 0.15) is 30.1 Å². The Labute approximate surface area is 111 Å². The maximum atomic E-state index is 11.2. The van der Waals surface area contributed by atoms with Gasteiger partial charge in [0, 0.05) is 13.2 Å². The molecular weight excluding hydrogens is 244 g/mol. The molecule has 102 valence electrons. The number of carboxylic acid groups (broad SMARTS) is 1. The Morgan fingerprint density at radius 1 is 1.47 bits per heavy atom. The molecule has 2 aromatic rings. The lowest BCUT2D eigenvalue weighted by molar-refractivity contribution is 0.0698. The number of benzene rings is 1. The lowest BCUT2D eigenvalue weighted by Crippen LogP contribution is -2.06. The highest BCUT2D eigenvalue weighted by Crippen LogP contribution is 2.19. The van der Waals surface area contributed by atoms with Gasteiger partial charge < -0.3 is 14.8 Å². The molecule has 0 spiro atoms. The van der Waals surface area contributed by atoms with Crippen LogP contribution in [0.4, 0.5) is 0 Å². The summed E-state index contributed by atoms with van der Waals surface area (Å²) in [5.41, 5.74) is 1.66. The molecule has 0 aliphatic carbocycles. The van der Waals surface area contributed by atoms with Crippen molar-refractivity contribution in [1.29, 1.82) is 0 Å². The Hall–Kier alpha value is -1.88. The normalized spacial score (nSPS) is 12.7. The van der Waals surface area contributed by atoms with E-state index in [4.69, 9.17) is 5.11 Å². The molecule has 0 fully saturated rings. The van der Waals surface area contributed by atoms with Crippen LogP contribution in [0.3, 0.4) is 0 Å². The zero-order valence-corrected chi connectivity index (χ0v) is 10.9. The first kappa shape index (κ1) is 13.5. The van der Waals surface area contributed by atoms with Gasteiger partial charge in [-0.2, -0.15) is 0 Å². The second-order valence-corrected chi connectivity index (χ2v) is 4.85. The Kier molecular flexibility index (Phi) is 4.16. The van der Waals surface area contributed by atoms with Gasteiger partial charge in [0.1, 0.15) is 0 Å².